The van der Waals surface area contributed by atoms with Crippen LogP contribution in [0.5, 0.6) is 0 Å². The van der Waals surface area contributed by atoms with Crippen molar-refractivity contribution in [3.63, 3.8) is 0 Å². The number of hydrogen-bond acceptors (Lipinski definition) is 1. The summed E-state index contributed by atoms with van der Waals surface area (Å²) >= 11 is -1.47. The molecule has 0 aliphatic heterocycles. The fourth-order valence-electron chi connectivity index (χ4n) is 1.18. The Kier molecular flexibility index (Phi) is 5.10. The Hall–Kier alpha value is 0.236. The first-order valence-corrected chi connectivity index (χ1v) is 7.46. The third-order valence-electron chi connectivity index (χ3n) is 1.82. The topological polar surface area (TPSA) is 17.1 Å². The van der Waals surface area contributed by atoms with Gasteiger partial charge in [0.05, 0.1) is 0 Å². The van der Waals surface area contributed by atoms with Crippen LogP contribution in [0.2, 0.25) is 0 Å². The molecule has 0 aromatic rings. The third kappa shape index (κ3) is 3.86. The molecule has 1 aliphatic rings. The van der Waals surface area contributed by atoms with Gasteiger partial charge in [-0.25, -0.2) is 0 Å². The van der Waals surface area contributed by atoms with Gasteiger partial charge in [0.15, 0.2) is 0 Å². The molecule has 0 aromatic carbocycles. The van der Waals surface area contributed by atoms with Crippen LogP contribution in [0.25, 0.3) is 0 Å². The van der Waals surface area contributed by atoms with E-state index in [0.717, 1.165) is 31.3 Å². The number of halogens is 2. The molecule has 0 fully saturated rings. The van der Waals surface area contributed by atoms with Crippen LogP contribution < -0.4 is 0 Å². The van der Waals surface area contributed by atoms with Crippen molar-refractivity contribution < 1.29 is 16.6 Å². The molecule has 13 heavy (non-hydrogen) atoms. The van der Waals surface area contributed by atoms with Gasteiger partial charge < -0.3 is 0 Å². The molecule has 0 aromatic heterocycles. The van der Waals surface area contributed by atoms with Gasteiger partial charge in [-0.15, -0.1) is 0 Å². The second kappa shape index (κ2) is 5.86. The standard InChI is InChI=1S/C9H11O.2ClH.Co/c10-8-9-6-4-2-1-3-5-7-9;;;/h1-2,7H,3-6H2;2*1H;/q;;;+2/p-2. The molecule has 0 saturated carbocycles. The molecule has 0 N–H and O–H groups in total. The van der Waals surface area contributed by atoms with E-state index < -0.39 is 11.9 Å². The molecular formula is C9H11Cl2CoO. The fourth-order valence-corrected chi connectivity index (χ4v) is 2.34. The first-order chi connectivity index (χ1) is 6.22. The summed E-state index contributed by atoms with van der Waals surface area (Å²) in [7, 11) is 11.2. The van der Waals surface area contributed by atoms with E-state index in [4.69, 9.17) is 20.3 Å². The van der Waals surface area contributed by atoms with Crippen LogP contribution >= 0.6 is 20.3 Å². The van der Waals surface area contributed by atoms with Crippen LogP contribution in [-0.2, 0) is 16.6 Å². The molecule has 1 aliphatic carbocycles. The van der Waals surface area contributed by atoms with Crippen molar-refractivity contribution in [2.24, 2.45) is 0 Å². The summed E-state index contributed by atoms with van der Waals surface area (Å²) in [5, 5.41) is 0. The van der Waals surface area contributed by atoms with Crippen molar-refractivity contribution in [1.82, 2.24) is 0 Å². The normalized spacial score (nSPS) is 18.6. The number of carbonyl (C=O) groups excluding carboxylic acids is 1. The molecule has 0 atom stereocenters. The van der Waals surface area contributed by atoms with E-state index in [1.54, 1.807) is 0 Å². The van der Waals surface area contributed by atoms with Crippen LogP contribution in [0.1, 0.15) is 25.7 Å². The first-order valence-electron chi connectivity index (χ1n) is 4.07. The van der Waals surface area contributed by atoms with Gasteiger partial charge >= 0.3 is 91.1 Å². The maximum absolute atomic E-state index is 11.4. The van der Waals surface area contributed by atoms with Gasteiger partial charge in [-0.1, -0.05) is 0 Å². The van der Waals surface area contributed by atoms with Crippen LogP contribution in [0, 0.1) is 0 Å². The van der Waals surface area contributed by atoms with E-state index in [2.05, 4.69) is 12.2 Å². The number of allylic oxidation sites excluding steroid dienone is 4. The summed E-state index contributed by atoms with van der Waals surface area (Å²) in [6.07, 6.45) is 9.80. The molecular weight excluding hydrogens is 254 g/mol. The summed E-state index contributed by atoms with van der Waals surface area (Å²) in [6, 6.07) is 0. The zero-order chi connectivity index (χ0) is 9.68. The Bertz CT molecular complexity index is 246. The summed E-state index contributed by atoms with van der Waals surface area (Å²) in [5.41, 5.74) is 0.805. The van der Waals surface area contributed by atoms with Gasteiger partial charge in [-0.3, -0.25) is 0 Å². The van der Waals surface area contributed by atoms with Crippen LogP contribution in [0.4, 0.5) is 0 Å². The van der Waals surface area contributed by atoms with Gasteiger partial charge in [0, 0.05) is 0 Å². The van der Waals surface area contributed by atoms with Crippen LogP contribution in [-0.4, -0.2) is 4.72 Å². The molecule has 0 saturated heterocycles. The van der Waals surface area contributed by atoms with Crippen molar-refractivity contribution in [3.8, 4) is 0 Å². The average Bonchev–Trinajstić information content (AvgIpc) is 2.02. The SMILES string of the molecule is O=[C](C1=CCCC=CCC1)[Co]([Cl])[Cl]. The Morgan fingerprint density at radius 3 is 2.62 bits per heavy atom. The van der Waals surface area contributed by atoms with Gasteiger partial charge in [-0.2, -0.15) is 0 Å². The van der Waals surface area contributed by atoms with Crippen molar-refractivity contribution in [3.05, 3.63) is 23.8 Å². The fraction of sp³-hybridized carbons (Fsp3) is 0.444. The quantitative estimate of drug-likeness (QED) is 0.698. The molecule has 76 valence electrons. The third-order valence-corrected chi connectivity index (χ3v) is 3.46. The predicted octanol–water partition coefficient (Wildman–Crippen LogP) is 3.50. The number of hydrogen-bond donors (Lipinski definition) is 0. The second-order valence-corrected chi connectivity index (χ2v) is 6.37. The number of carbonyl (C=O) groups is 1. The zero-order valence-corrected chi connectivity index (χ0v) is 9.61. The molecule has 0 amide bonds. The monoisotopic (exact) mass is 264 g/mol. The summed E-state index contributed by atoms with van der Waals surface area (Å²) in [5.74, 6) is 0. The Labute approximate surface area is 91.0 Å². The summed E-state index contributed by atoms with van der Waals surface area (Å²) < 4.78 is -0.0777. The molecule has 1 nitrogen and oxygen atoms in total. The van der Waals surface area contributed by atoms with Crippen LogP contribution in [0.15, 0.2) is 23.8 Å². The van der Waals surface area contributed by atoms with Crippen molar-refractivity contribution in [1.29, 1.82) is 0 Å². The summed E-state index contributed by atoms with van der Waals surface area (Å²) in [4.78, 5) is 11.4. The number of rotatable bonds is 2. The Morgan fingerprint density at radius 2 is 1.92 bits per heavy atom. The van der Waals surface area contributed by atoms with Gasteiger partial charge in [0.1, 0.15) is 0 Å². The van der Waals surface area contributed by atoms with E-state index in [9.17, 15) is 4.79 Å². The molecule has 0 unspecified atom stereocenters. The Balaban J connectivity index is 2.61. The van der Waals surface area contributed by atoms with Crippen molar-refractivity contribution in [2.75, 3.05) is 0 Å². The average molecular weight is 265 g/mol. The minimum atomic E-state index is -1.47. The summed E-state index contributed by atoms with van der Waals surface area (Å²) in [6.45, 7) is 0. The van der Waals surface area contributed by atoms with Gasteiger partial charge in [0.2, 0.25) is 0 Å². The van der Waals surface area contributed by atoms with E-state index in [1.165, 1.54) is 0 Å². The second-order valence-electron chi connectivity index (χ2n) is 2.74. The Morgan fingerprint density at radius 1 is 1.23 bits per heavy atom. The zero-order valence-electron chi connectivity index (χ0n) is 7.06. The first kappa shape index (κ1) is 11.3. The van der Waals surface area contributed by atoms with E-state index in [0.29, 0.717) is 0 Å². The molecule has 0 radical (unpaired) electrons. The molecule has 1 rings (SSSR count). The van der Waals surface area contributed by atoms with E-state index in [1.807, 2.05) is 6.08 Å². The van der Waals surface area contributed by atoms with Crippen molar-refractivity contribution >= 4 is 25.0 Å². The van der Waals surface area contributed by atoms with E-state index >= 15 is 0 Å². The van der Waals surface area contributed by atoms with Crippen LogP contribution in [0.3, 0.4) is 0 Å². The van der Waals surface area contributed by atoms with E-state index in [-0.39, 0.29) is 4.72 Å². The van der Waals surface area contributed by atoms with Crippen molar-refractivity contribution in [2.45, 2.75) is 25.7 Å². The molecule has 0 bridgehead atoms. The predicted molar refractivity (Wildman–Crippen MR) is 52.4 cm³/mol. The minimum absolute atomic E-state index is 0.0777. The molecule has 4 heteroatoms. The maximum atomic E-state index is 11.4. The van der Waals surface area contributed by atoms with Gasteiger partial charge in [-0.05, 0) is 0 Å². The van der Waals surface area contributed by atoms with Gasteiger partial charge in [0.25, 0.3) is 0 Å². The molecule has 0 heterocycles. The molecule has 0 spiro atoms.